The molecular weight excluding hydrogens is 411 g/mol. The molecule has 4 nitrogen and oxygen atoms in total. The van der Waals surface area contributed by atoms with Gasteiger partial charge in [0.1, 0.15) is 28.9 Å². The first-order valence-electron chi connectivity index (χ1n) is 9.84. The number of aromatic nitrogens is 1. The Morgan fingerprint density at radius 2 is 1.84 bits per heavy atom. The Balaban J connectivity index is 1.39. The molecule has 0 aliphatic heterocycles. The summed E-state index contributed by atoms with van der Waals surface area (Å²) in [6.45, 7) is 2.86. The van der Waals surface area contributed by atoms with Crippen molar-refractivity contribution in [2.45, 2.75) is 20.1 Å². The molecule has 0 saturated heterocycles. The van der Waals surface area contributed by atoms with Gasteiger partial charge in [-0.05, 0) is 42.3 Å². The van der Waals surface area contributed by atoms with E-state index in [2.05, 4.69) is 29.4 Å². The molecule has 0 saturated carbocycles. The summed E-state index contributed by atoms with van der Waals surface area (Å²) in [6, 6.07) is 21.9. The number of halogens is 1. The van der Waals surface area contributed by atoms with E-state index in [1.165, 1.54) is 29.0 Å². The van der Waals surface area contributed by atoms with Crippen LogP contribution in [0.15, 0.2) is 78.2 Å². The Labute approximate surface area is 184 Å². The van der Waals surface area contributed by atoms with Gasteiger partial charge in [0.15, 0.2) is 0 Å². The third kappa shape index (κ3) is 5.55. The minimum Gasteiger partial charge on any atom is -0.489 e. The first-order chi connectivity index (χ1) is 15.1. The van der Waals surface area contributed by atoms with Crippen LogP contribution in [0, 0.1) is 12.7 Å². The monoisotopic (exact) mass is 432 g/mol. The van der Waals surface area contributed by atoms with Crippen LogP contribution < -0.4 is 10.1 Å². The molecule has 31 heavy (non-hydrogen) atoms. The topological polar surface area (TPSA) is 51.2 Å². The number of amides is 1. The predicted octanol–water partition coefficient (Wildman–Crippen LogP) is 5.77. The van der Waals surface area contributed by atoms with Crippen molar-refractivity contribution in [1.82, 2.24) is 10.3 Å². The summed E-state index contributed by atoms with van der Waals surface area (Å²) in [7, 11) is 0. The molecule has 156 valence electrons. The van der Waals surface area contributed by atoms with E-state index in [1.54, 1.807) is 17.5 Å². The highest BCUT2D eigenvalue weighted by molar-refractivity contribution is 7.13. The third-order valence-corrected chi connectivity index (χ3v) is 5.56. The van der Waals surface area contributed by atoms with Gasteiger partial charge < -0.3 is 10.1 Å². The van der Waals surface area contributed by atoms with Crippen LogP contribution in [0.4, 0.5) is 4.39 Å². The normalized spacial score (nSPS) is 10.6. The molecule has 1 aromatic heterocycles. The zero-order valence-corrected chi connectivity index (χ0v) is 17.8. The maximum atomic E-state index is 13.0. The van der Waals surface area contributed by atoms with Gasteiger partial charge in [-0.3, -0.25) is 4.79 Å². The largest absolute Gasteiger partial charge is 0.489 e. The number of ether oxygens (including phenoxy) is 1. The van der Waals surface area contributed by atoms with Crippen molar-refractivity contribution < 1.29 is 13.9 Å². The summed E-state index contributed by atoms with van der Waals surface area (Å²) in [4.78, 5) is 16.9. The van der Waals surface area contributed by atoms with Crippen molar-refractivity contribution in [2.24, 2.45) is 0 Å². The molecule has 0 aliphatic carbocycles. The number of carbonyl (C=O) groups excluding carboxylic acids is 1. The molecule has 3 aromatic carbocycles. The molecule has 0 fully saturated rings. The van der Waals surface area contributed by atoms with Crippen molar-refractivity contribution in [3.8, 4) is 16.3 Å². The molecule has 0 bridgehead atoms. The van der Waals surface area contributed by atoms with Gasteiger partial charge in [-0.2, -0.15) is 0 Å². The molecule has 0 unspecified atom stereocenters. The number of nitrogens with zero attached hydrogens (tertiary/aromatic N) is 1. The third-order valence-electron chi connectivity index (χ3n) is 4.67. The van der Waals surface area contributed by atoms with Gasteiger partial charge in [0.05, 0.1) is 0 Å². The lowest BCUT2D eigenvalue weighted by Gasteiger charge is -2.08. The maximum absolute atomic E-state index is 13.0. The van der Waals surface area contributed by atoms with Gasteiger partial charge >= 0.3 is 0 Å². The minimum absolute atomic E-state index is 0.265. The molecule has 1 amide bonds. The quantitative estimate of drug-likeness (QED) is 0.404. The van der Waals surface area contributed by atoms with Gasteiger partial charge in [-0.1, -0.05) is 54.1 Å². The lowest BCUT2D eigenvalue weighted by Crippen LogP contribution is -2.23. The molecule has 1 N–H and O–H groups in total. The number of aryl methyl sites for hydroxylation is 1. The van der Waals surface area contributed by atoms with Crippen molar-refractivity contribution in [1.29, 1.82) is 0 Å². The van der Waals surface area contributed by atoms with E-state index in [4.69, 9.17) is 4.74 Å². The van der Waals surface area contributed by atoms with E-state index >= 15 is 0 Å². The zero-order chi connectivity index (χ0) is 21.6. The summed E-state index contributed by atoms with van der Waals surface area (Å²) < 4.78 is 18.9. The fourth-order valence-electron chi connectivity index (χ4n) is 3.07. The Bertz CT molecular complexity index is 1190. The number of rotatable bonds is 7. The number of hydrogen-bond acceptors (Lipinski definition) is 4. The molecule has 1 heterocycles. The lowest BCUT2D eigenvalue weighted by molar-refractivity contribution is 0.0946. The van der Waals surface area contributed by atoms with E-state index in [9.17, 15) is 9.18 Å². The van der Waals surface area contributed by atoms with Crippen LogP contribution in [-0.2, 0) is 13.2 Å². The molecule has 0 aliphatic rings. The molecule has 4 rings (SSSR count). The van der Waals surface area contributed by atoms with Gasteiger partial charge in [-0.15, -0.1) is 11.3 Å². The standard InChI is InChI=1S/C25H21FN2O2S/c1-17-4-2-5-19(12-17)15-30-22-7-3-6-20(13-22)25-28-23(16-31-25)24(29)27-14-18-8-10-21(26)11-9-18/h2-13,16H,14-15H2,1H3,(H,27,29). The summed E-state index contributed by atoms with van der Waals surface area (Å²) in [5, 5.41) is 5.29. The maximum Gasteiger partial charge on any atom is 0.271 e. The number of carbonyl (C=O) groups is 1. The van der Waals surface area contributed by atoms with Crippen molar-refractivity contribution in [3.05, 3.63) is 106 Å². The second-order valence-electron chi connectivity index (χ2n) is 7.15. The minimum atomic E-state index is -0.302. The van der Waals surface area contributed by atoms with Crippen LogP contribution in [-0.4, -0.2) is 10.9 Å². The molecule has 4 aromatic rings. The first-order valence-corrected chi connectivity index (χ1v) is 10.7. The SMILES string of the molecule is Cc1cccc(COc2cccc(-c3nc(C(=O)NCc4ccc(F)cc4)cs3)c2)c1. The average molecular weight is 433 g/mol. The van der Waals surface area contributed by atoms with E-state index < -0.39 is 0 Å². The Hall–Kier alpha value is -3.51. The summed E-state index contributed by atoms with van der Waals surface area (Å²) >= 11 is 1.40. The highest BCUT2D eigenvalue weighted by atomic mass is 32.1. The molecule has 0 atom stereocenters. The van der Waals surface area contributed by atoms with Gasteiger partial charge in [0.25, 0.3) is 5.91 Å². The van der Waals surface area contributed by atoms with Gasteiger partial charge in [0, 0.05) is 17.5 Å². The van der Waals surface area contributed by atoms with Crippen LogP contribution >= 0.6 is 11.3 Å². The summed E-state index contributed by atoms with van der Waals surface area (Å²) in [6.07, 6.45) is 0. The highest BCUT2D eigenvalue weighted by Crippen LogP contribution is 2.27. The number of benzene rings is 3. The van der Waals surface area contributed by atoms with E-state index in [0.717, 1.165) is 27.4 Å². The van der Waals surface area contributed by atoms with Crippen LogP contribution in [0.1, 0.15) is 27.2 Å². The van der Waals surface area contributed by atoms with Crippen LogP contribution in [0.5, 0.6) is 5.75 Å². The van der Waals surface area contributed by atoms with Crippen LogP contribution in [0.25, 0.3) is 10.6 Å². The van der Waals surface area contributed by atoms with Gasteiger partial charge in [-0.25, -0.2) is 9.37 Å². The highest BCUT2D eigenvalue weighted by Gasteiger charge is 2.12. The summed E-state index contributed by atoms with van der Waals surface area (Å²) in [5.41, 5.74) is 4.38. The van der Waals surface area contributed by atoms with Crippen molar-refractivity contribution >= 4 is 17.2 Å². The average Bonchev–Trinajstić information content (AvgIpc) is 3.28. The van der Waals surface area contributed by atoms with Crippen LogP contribution in [0.3, 0.4) is 0 Å². The number of nitrogens with one attached hydrogen (secondary N) is 1. The fourth-order valence-corrected chi connectivity index (χ4v) is 3.87. The number of thiazole rings is 1. The van der Waals surface area contributed by atoms with E-state index in [1.807, 2.05) is 36.4 Å². The molecule has 0 spiro atoms. The van der Waals surface area contributed by atoms with Gasteiger partial charge in [0.2, 0.25) is 0 Å². The first kappa shape index (κ1) is 20.8. The fraction of sp³-hybridized carbons (Fsp3) is 0.120. The second kappa shape index (κ2) is 9.53. The predicted molar refractivity (Wildman–Crippen MR) is 121 cm³/mol. The zero-order valence-electron chi connectivity index (χ0n) is 17.0. The molecule has 6 heteroatoms. The number of hydrogen-bond donors (Lipinski definition) is 1. The van der Waals surface area contributed by atoms with Crippen molar-refractivity contribution in [2.75, 3.05) is 0 Å². The smallest absolute Gasteiger partial charge is 0.271 e. The Morgan fingerprint density at radius 3 is 2.65 bits per heavy atom. The molecular formula is C25H21FN2O2S. The summed E-state index contributed by atoms with van der Waals surface area (Å²) in [5.74, 6) is 0.180. The Kier molecular flexibility index (Phi) is 6.38. The van der Waals surface area contributed by atoms with E-state index in [-0.39, 0.29) is 11.7 Å². The molecule has 0 radical (unpaired) electrons. The lowest BCUT2D eigenvalue weighted by atomic mass is 10.1. The second-order valence-corrected chi connectivity index (χ2v) is 8.01. The van der Waals surface area contributed by atoms with Crippen LogP contribution in [0.2, 0.25) is 0 Å². The Morgan fingerprint density at radius 1 is 1.03 bits per heavy atom. The van der Waals surface area contributed by atoms with E-state index in [0.29, 0.717) is 18.8 Å². The van der Waals surface area contributed by atoms with Crippen molar-refractivity contribution in [3.63, 3.8) is 0 Å².